The van der Waals surface area contributed by atoms with Crippen LogP contribution in [0.5, 0.6) is 0 Å². The lowest BCUT2D eigenvalue weighted by Crippen LogP contribution is -1.95. The van der Waals surface area contributed by atoms with E-state index in [1.165, 1.54) is 0 Å². The third-order valence-electron chi connectivity index (χ3n) is 2.16. The van der Waals surface area contributed by atoms with E-state index >= 15 is 0 Å². The Morgan fingerprint density at radius 3 is 2.75 bits per heavy atom. The van der Waals surface area contributed by atoms with E-state index < -0.39 is 0 Å². The van der Waals surface area contributed by atoms with Crippen molar-refractivity contribution < 1.29 is 0 Å². The lowest BCUT2D eigenvalue weighted by molar-refractivity contribution is 1.26. The highest BCUT2D eigenvalue weighted by Gasteiger charge is 2.01. The van der Waals surface area contributed by atoms with Crippen molar-refractivity contribution in [2.45, 2.75) is 6.92 Å². The Labute approximate surface area is 99.3 Å². The topological polar surface area (TPSA) is 50.9 Å². The lowest BCUT2D eigenvalue weighted by atomic mass is 10.2. The van der Waals surface area contributed by atoms with Gasteiger partial charge in [0.2, 0.25) is 0 Å². The number of anilines is 3. The molecule has 0 aliphatic heterocycles. The summed E-state index contributed by atoms with van der Waals surface area (Å²) in [7, 11) is 0. The monoisotopic (exact) mass is 233 g/mol. The van der Waals surface area contributed by atoms with Crippen LogP contribution in [0.1, 0.15) is 5.56 Å². The number of nitrogens with zero attached hydrogens (tertiary/aromatic N) is 1. The number of halogens is 1. The molecule has 1 heterocycles. The molecule has 0 atom stereocenters. The zero-order valence-electron chi connectivity index (χ0n) is 8.87. The van der Waals surface area contributed by atoms with Gasteiger partial charge in [0, 0.05) is 11.9 Å². The summed E-state index contributed by atoms with van der Waals surface area (Å²) in [5.74, 6) is 0.748. The predicted octanol–water partition coefficient (Wildman–Crippen LogP) is 3.37. The minimum absolute atomic E-state index is 0.622. The fourth-order valence-corrected chi connectivity index (χ4v) is 1.48. The SMILES string of the molecule is Cc1ccc(Nc2cc(N)ccc2Cl)nc1. The number of nitrogens with two attached hydrogens (primary N) is 1. The Morgan fingerprint density at radius 1 is 1.25 bits per heavy atom. The summed E-state index contributed by atoms with van der Waals surface area (Å²) in [6, 6.07) is 9.18. The molecule has 16 heavy (non-hydrogen) atoms. The summed E-state index contributed by atoms with van der Waals surface area (Å²) >= 11 is 6.03. The molecule has 2 aromatic rings. The van der Waals surface area contributed by atoms with Gasteiger partial charge in [0.15, 0.2) is 0 Å². The van der Waals surface area contributed by atoms with E-state index in [-0.39, 0.29) is 0 Å². The second-order valence-electron chi connectivity index (χ2n) is 3.59. The van der Waals surface area contributed by atoms with Crippen LogP contribution in [0.15, 0.2) is 36.5 Å². The third-order valence-corrected chi connectivity index (χ3v) is 2.49. The molecule has 0 radical (unpaired) electrons. The molecule has 4 heteroatoms. The lowest BCUT2D eigenvalue weighted by Gasteiger charge is -2.08. The predicted molar refractivity (Wildman–Crippen MR) is 68.1 cm³/mol. The molecular weight excluding hydrogens is 222 g/mol. The van der Waals surface area contributed by atoms with Crippen LogP contribution in [-0.2, 0) is 0 Å². The molecule has 0 fully saturated rings. The molecule has 0 saturated carbocycles. The van der Waals surface area contributed by atoms with Crippen molar-refractivity contribution in [2.24, 2.45) is 0 Å². The second kappa shape index (κ2) is 4.41. The number of aryl methyl sites for hydroxylation is 1. The fraction of sp³-hybridized carbons (Fsp3) is 0.0833. The highest BCUT2D eigenvalue weighted by atomic mass is 35.5. The van der Waals surface area contributed by atoms with Crippen LogP contribution in [0.25, 0.3) is 0 Å². The van der Waals surface area contributed by atoms with E-state index in [1.807, 2.05) is 19.1 Å². The number of hydrogen-bond donors (Lipinski definition) is 2. The summed E-state index contributed by atoms with van der Waals surface area (Å²) in [6.45, 7) is 1.99. The Morgan fingerprint density at radius 2 is 2.06 bits per heavy atom. The summed E-state index contributed by atoms with van der Waals surface area (Å²) in [4.78, 5) is 4.23. The molecule has 0 bridgehead atoms. The van der Waals surface area contributed by atoms with Gasteiger partial charge in [-0.3, -0.25) is 0 Å². The van der Waals surface area contributed by atoms with E-state index in [0.717, 1.165) is 17.1 Å². The largest absolute Gasteiger partial charge is 0.399 e. The van der Waals surface area contributed by atoms with Crippen LogP contribution < -0.4 is 11.1 Å². The number of nitrogen functional groups attached to an aromatic ring is 1. The first-order chi connectivity index (χ1) is 7.65. The number of benzene rings is 1. The van der Waals surface area contributed by atoms with Crippen molar-refractivity contribution in [3.63, 3.8) is 0 Å². The zero-order chi connectivity index (χ0) is 11.5. The molecule has 3 nitrogen and oxygen atoms in total. The molecule has 0 aliphatic rings. The zero-order valence-corrected chi connectivity index (χ0v) is 9.62. The van der Waals surface area contributed by atoms with Crippen LogP contribution in [0, 0.1) is 6.92 Å². The van der Waals surface area contributed by atoms with Crippen LogP contribution in [0.4, 0.5) is 17.2 Å². The number of rotatable bonds is 2. The molecule has 1 aromatic carbocycles. The maximum atomic E-state index is 6.03. The van der Waals surface area contributed by atoms with E-state index in [1.54, 1.807) is 24.4 Å². The molecule has 0 unspecified atom stereocenters. The van der Waals surface area contributed by atoms with Crippen LogP contribution in [0.3, 0.4) is 0 Å². The van der Waals surface area contributed by atoms with Gasteiger partial charge in [0.05, 0.1) is 10.7 Å². The van der Waals surface area contributed by atoms with Gasteiger partial charge in [-0.05, 0) is 36.8 Å². The third kappa shape index (κ3) is 2.44. The molecule has 1 aromatic heterocycles. The standard InChI is InChI=1S/C12H12ClN3/c1-8-2-5-12(15-7-8)16-11-6-9(14)3-4-10(11)13/h2-7H,14H2,1H3,(H,15,16). The molecule has 0 aliphatic carbocycles. The minimum atomic E-state index is 0.622. The number of aromatic nitrogens is 1. The van der Waals surface area contributed by atoms with Crippen LogP contribution in [0.2, 0.25) is 5.02 Å². The van der Waals surface area contributed by atoms with Gasteiger partial charge in [0.1, 0.15) is 5.82 Å². The van der Waals surface area contributed by atoms with Gasteiger partial charge in [-0.15, -0.1) is 0 Å². The summed E-state index contributed by atoms with van der Waals surface area (Å²) < 4.78 is 0. The van der Waals surface area contributed by atoms with Gasteiger partial charge in [0.25, 0.3) is 0 Å². The average Bonchev–Trinajstić information content (AvgIpc) is 2.27. The van der Waals surface area contributed by atoms with Crippen LogP contribution in [-0.4, -0.2) is 4.98 Å². The van der Waals surface area contributed by atoms with E-state index in [9.17, 15) is 0 Å². The van der Waals surface area contributed by atoms with Crippen molar-refractivity contribution in [3.8, 4) is 0 Å². The highest BCUT2D eigenvalue weighted by molar-refractivity contribution is 6.33. The van der Waals surface area contributed by atoms with E-state index in [2.05, 4.69) is 10.3 Å². The molecule has 0 saturated heterocycles. The van der Waals surface area contributed by atoms with Gasteiger partial charge in [-0.25, -0.2) is 4.98 Å². The maximum absolute atomic E-state index is 6.03. The Kier molecular flexibility index (Phi) is 2.97. The van der Waals surface area contributed by atoms with Crippen molar-refractivity contribution in [1.82, 2.24) is 4.98 Å². The van der Waals surface area contributed by atoms with Gasteiger partial charge in [-0.2, -0.15) is 0 Å². The minimum Gasteiger partial charge on any atom is -0.399 e. The van der Waals surface area contributed by atoms with Crippen LogP contribution >= 0.6 is 11.6 Å². The van der Waals surface area contributed by atoms with E-state index in [0.29, 0.717) is 10.7 Å². The first-order valence-electron chi connectivity index (χ1n) is 4.90. The summed E-state index contributed by atoms with van der Waals surface area (Å²) in [5, 5.41) is 3.74. The first kappa shape index (κ1) is 10.8. The van der Waals surface area contributed by atoms with Gasteiger partial charge < -0.3 is 11.1 Å². The Bertz CT molecular complexity index is 494. The molecule has 2 rings (SSSR count). The van der Waals surface area contributed by atoms with Crippen molar-refractivity contribution in [1.29, 1.82) is 0 Å². The second-order valence-corrected chi connectivity index (χ2v) is 3.99. The number of hydrogen-bond acceptors (Lipinski definition) is 3. The average molecular weight is 234 g/mol. The smallest absolute Gasteiger partial charge is 0.130 e. The fourth-order valence-electron chi connectivity index (χ4n) is 1.32. The molecule has 3 N–H and O–H groups in total. The molecule has 0 amide bonds. The summed E-state index contributed by atoms with van der Waals surface area (Å²) in [5.41, 5.74) is 8.23. The van der Waals surface area contributed by atoms with Crippen molar-refractivity contribution >= 4 is 28.8 Å². The quantitative estimate of drug-likeness (QED) is 0.782. The Balaban J connectivity index is 2.26. The maximum Gasteiger partial charge on any atom is 0.130 e. The highest BCUT2D eigenvalue weighted by Crippen LogP contribution is 2.26. The Hall–Kier alpha value is -1.74. The first-order valence-corrected chi connectivity index (χ1v) is 5.27. The normalized spacial score (nSPS) is 10.1. The van der Waals surface area contributed by atoms with E-state index in [4.69, 9.17) is 17.3 Å². The van der Waals surface area contributed by atoms with Crippen molar-refractivity contribution in [2.75, 3.05) is 11.1 Å². The number of nitrogens with one attached hydrogen (secondary N) is 1. The molecule has 0 spiro atoms. The molecular formula is C12H12ClN3. The van der Waals surface area contributed by atoms with Gasteiger partial charge in [-0.1, -0.05) is 17.7 Å². The molecule has 82 valence electrons. The number of pyridine rings is 1. The summed E-state index contributed by atoms with van der Waals surface area (Å²) in [6.07, 6.45) is 1.79. The van der Waals surface area contributed by atoms with Gasteiger partial charge >= 0.3 is 0 Å². The van der Waals surface area contributed by atoms with Crippen molar-refractivity contribution in [3.05, 3.63) is 47.1 Å².